The summed E-state index contributed by atoms with van der Waals surface area (Å²) >= 11 is 0. The van der Waals surface area contributed by atoms with Gasteiger partial charge >= 0.3 is 0 Å². The number of ether oxygens (including phenoxy) is 2. The zero-order valence-corrected chi connectivity index (χ0v) is 12.9. The van der Waals surface area contributed by atoms with Gasteiger partial charge in [0.25, 0.3) is 0 Å². The predicted octanol–water partition coefficient (Wildman–Crippen LogP) is 3.37. The van der Waals surface area contributed by atoms with Crippen molar-refractivity contribution in [3.63, 3.8) is 0 Å². The van der Waals surface area contributed by atoms with Crippen molar-refractivity contribution in [3.05, 3.63) is 54.4 Å². The van der Waals surface area contributed by atoms with E-state index in [0.717, 1.165) is 11.3 Å². The summed E-state index contributed by atoms with van der Waals surface area (Å²) in [4.78, 5) is 0. The van der Waals surface area contributed by atoms with E-state index in [1.54, 1.807) is 26.4 Å². The van der Waals surface area contributed by atoms with E-state index < -0.39 is 0 Å². The highest BCUT2D eigenvalue weighted by molar-refractivity contribution is 5.59. The molecule has 1 aromatic heterocycles. The number of nitrogens with one attached hydrogen (secondary N) is 1. The Morgan fingerprint density at radius 2 is 1.74 bits per heavy atom. The van der Waals surface area contributed by atoms with Crippen molar-refractivity contribution in [1.82, 2.24) is 10.2 Å². The van der Waals surface area contributed by atoms with Gasteiger partial charge < -0.3 is 19.2 Å². The molecule has 0 atom stereocenters. The number of aromatic nitrogens is 2. The molecule has 0 amide bonds. The van der Waals surface area contributed by atoms with Crippen LogP contribution >= 0.6 is 0 Å². The molecule has 6 nitrogen and oxygen atoms in total. The number of hydrogen-bond donors (Lipinski definition) is 1. The molecule has 0 aliphatic carbocycles. The first-order valence-electron chi connectivity index (χ1n) is 7.14. The monoisotopic (exact) mass is 311 g/mol. The summed E-state index contributed by atoms with van der Waals surface area (Å²) in [6.45, 7) is 0.463. The fourth-order valence-electron chi connectivity index (χ4n) is 2.14. The third-order valence-corrected chi connectivity index (χ3v) is 3.31. The van der Waals surface area contributed by atoms with E-state index in [2.05, 4.69) is 15.5 Å². The van der Waals surface area contributed by atoms with Crippen molar-refractivity contribution in [2.75, 3.05) is 19.5 Å². The van der Waals surface area contributed by atoms with Crippen LogP contribution in [0.3, 0.4) is 0 Å². The van der Waals surface area contributed by atoms with Crippen LogP contribution < -0.4 is 14.8 Å². The van der Waals surface area contributed by atoms with Crippen LogP contribution in [0.15, 0.2) is 52.9 Å². The molecule has 3 aromatic rings. The van der Waals surface area contributed by atoms with Crippen LogP contribution in [0, 0.1) is 0 Å². The molecule has 0 aliphatic heterocycles. The third-order valence-electron chi connectivity index (χ3n) is 3.31. The Balaban J connectivity index is 1.74. The van der Waals surface area contributed by atoms with Crippen molar-refractivity contribution in [2.24, 2.45) is 0 Å². The highest BCUT2D eigenvalue weighted by Crippen LogP contribution is 2.31. The summed E-state index contributed by atoms with van der Waals surface area (Å²) in [5, 5.41) is 11.4. The lowest BCUT2D eigenvalue weighted by Gasteiger charge is -2.07. The number of anilines is 1. The Morgan fingerprint density at radius 1 is 0.957 bits per heavy atom. The topological polar surface area (TPSA) is 69.4 Å². The normalized spacial score (nSPS) is 10.3. The molecule has 6 heteroatoms. The Bertz CT molecular complexity index is 772. The lowest BCUT2D eigenvalue weighted by molar-refractivity contribution is 0.355. The maximum absolute atomic E-state index is 5.68. The standard InChI is InChI=1S/C17H17N3O3/c1-21-14-9-8-12(10-15(14)22-2)17-20-19-16(23-17)11-18-13-6-4-3-5-7-13/h3-10,18H,11H2,1-2H3. The fourth-order valence-corrected chi connectivity index (χ4v) is 2.14. The Labute approximate surface area is 134 Å². The van der Waals surface area contributed by atoms with Crippen molar-refractivity contribution in [2.45, 2.75) is 6.54 Å². The second-order valence-electron chi connectivity index (χ2n) is 4.79. The summed E-state index contributed by atoms with van der Waals surface area (Å²) < 4.78 is 16.2. The average molecular weight is 311 g/mol. The van der Waals surface area contributed by atoms with Crippen LogP contribution in [0.25, 0.3) is 11.5 Å². The predicted molar refractivity (Wildman–Crippen MR) is 86.6 cm³/mol. The van der Waals surface area contributed by atoms with Gasteiger partial charge in [0.15, 0.2) is 11.5 Å². The lowest BCUT2D eigenvalue weighted by Crippen LogP contribution is -1.99. The van der Waals surface area contributed by atoms with E-state index in [-0.39, 0.29) is 0 Å². The van der Waals surface area contributed by atoms with E-state index >= 15 is 0 Å². The molecular weight excluding hydrogens is 294 g/mol. The molecule has 0 aliphatic rings. The fraction of sp³-hybridized carbons (Fsp3) is 0.176. The molecule has 2 aromatic carbocycles. The second kappa shape index (κ2) is 6.83. The van der Waals surface area contributed by atoms with Gasteiger partial charge in [0.2, 0.25) is 11.8 Å². The van der Waals surface area contributed by atoms with E-state index in [4.69, 9.17) is 13.9 Å². The molecule has 1 N–H and O–H groups in total. The third kappa shape index (κ3) is 3.42. The molecule has 1 heterocycles. The summed E-state index contributed by atoms with van der Waals surface area (Å²) in [5.74, 6) is 2.23. The van der Waals surface area contributed by atoms with Gasteiger partial charge in [0.05, 0.1) is 20.8 Å². The van der Waals surface area contributed by atoms with Crippen molar-refractivity contribution < 1.29 is 13.9 Å². The van der Waals surface area contributed by atoms with Gasteiger partial charge in [-0.3, -0.25) is 0 Å². The summed E-state index contributed by atoms with van der Waals surface area (Å²) in [6.07, 6.45) is 0. The zero-order chi connectivity index (χ0) is 16.1. The van der Waals surface area contributed by atoms with Gasteiger partial charge in [-0.1, -0.05) is 18.2 Å². The molecule has 23 heavy (non-hydrogen) atoms. The number of para-hydroxylation sites is 1. The number of hydrogen-bond acceptors (Lipinski definition) is 6. The molecular formula is C17H17N3O3. The molecule has 0 saturated carbocycles. The van der Waals surface area contributed by atoms with E-state index in [1.165, 1.54) is 0 Å². The largest absolute Gasteiger partial charge is 0.493 e. The van der Waals surface area contributed by atoms with Crippen LogP contribution in [-0.2, 0) is 6.54 Å². The molecule has 0 saturated heterocycles. The average Bonchev–Trinajstić information content (AvgIpc) is 3.09. The molecule has 0 fully saturated rings. The molecule has 0 unspecified atom stereocenters. The highest BCUT2D eigenvalue weighted by atomic mass is 16.5. The van der Waals surface area contributed by atoms with Gasteiger partial charge in [-0.2, -0.15) is 0 Å². The first-order chi connectivity index (χ1) is 11.3. The molecule has 0 radical (unpaired) electrons. The first kappa shape index (κ1) is 14.9. The van der Waals surface area contributed by atoms with Crippen LogP contribution in [-0.4, -0.2) is 24.4 Å². The summed E-state index contributed by atoms with van der Waals surface area (Å²) in [7, 11) is 3.18. The molecule has 118 valence electrons. The summed E-state index contributed by atoms with van der Waals surface area (Å²) in [6, 6.07) is 15.3. The molecule has 3 rings (SSSR count). The van der Waals surface area contributed by atoms with Gasteiger partial charge in [-0.15, -0.1) is 10.2 Å². The minimum Gasteiger partial charge on any atom is -0.493 e. The van der Waals surface area contributed by atoms with Gasteiger partial charge in [-0.05, 0) is 30.3 Å². The number of rotatable bonds is 6. The lowest BCUT2D eigenvalue weighted by atomic mass is 10.2. The zero-order valence-electron chi connectivity index (χ0n) is 12.9. The second-order valence-corrected chi connectivity index (χ2v) is 4.79. The van der Waals surface area contributed by atoms with Crippen molar-refractivity contribution >= 4 is 5.69 Å². The van der Waals surface area contributed by atoms with Gasteiger partial charge in [0, 0.05) is 11.3 Å². The Hall–Kier alpha value is -3.02. The summed E-state index contributed by atoms with van der Waals surface area (Å²) in [5.41, 5.74) is 1.78. The van der Waals surface area contributed by atoms with E-state index in [1.807, 2.05) is 36.4 Å². The molecule has 0 bridgehead atoms. The highest BCUT2D eigenvalue weighted by Gasteiger charge is 2.12. The number of nitrogens with zero attached hydrogens (tertiary/aromatic N) is 2. The van der Waals surface area contributed by atoms with Crippen LogP contribution in [0.2, 0.25) is 0 Å². The smallest absolute Gasteiger partial charge is 0.247 e. The number of methoxy groups -OCH3 is 2. The van der Waals surface area contributed by atoms with Crippen molar-refractivity contribution in [3.8, 4) is 23.0 Å². The Morgan fingerprint density at radius 3 is 2.48 bits per heavy atom. The van der Waals surface area contributed by atoms with Gasteiger partial charge in [0.1, 0.15) is 0 Å². The molecule has 0 spiro atoms. The quantitative estimate of drug-likeness (QED) is 0.752. The minimum atomic E-state index is 0.441. The maximum atomic E-state index is 5.68. The minimum absolute atomic E-state index is 0.441. The van der Waals surface area contributed by atoms with E-state index in [0.29, 0.717) is 29.8 Å². The maximum Gasteiger partial charge on any atom is 0.247 e. The van der Waals surface area contributed by atoms with Gasteiger partial charge in [-0.25, -0.2) is 0 Å². The van der Waals surface area contributed by atoms with Crippen LogP contribution in [0.1, 0.15) is 5.89 Å². The van der Waals surface area contributed by atoms with E-state index in [9.17, 15) is 0 Å². The first-order valence-corrected chi connectivity index (χ1v) is 7.14. The van der Waals surface area contributed by atoms with Crippen molar-refractivity contribution in [1.29, 1.82) is 0 Å². The SMILES string of the molecule is COc1ccc(-c2nnc(CNc3ccccc3)o2)cc1OC. The Kier molecular flexibility index (Phi) is 4.42. The number of benzene rings is 2. The van der Waals surface area contributed by atoms with Crippen LogP contribution in [0.4, 0.5) is 5.69 Å². The van der Waals surface area contributed by atoms with Crippen LogP contribution in [0.5, 0.6) is 11.5 Å².